The van der Waals surface area contributed by atoms with Gasteiger partial charge in [-0.05, 0) is 57.0 Å². The third-order valence-electron chi connectivity index (χ3n) is 5.27. The van der Waals surface area contributed by atoms with Crippen molar-refractivity contribution in [2.24, 2.45) is 0 Å². The smallest absolute Gasteiger partial charge is 0.255 e. The van der Waals surface area contributed by atoms with Crippen LogP contribution in [0, 0.1) is 0 Å². The number of carbonyl (C=O) groups is 1. The van der Waals surface area contributed by atoms with Crippen LogP contribution >= 0.6 is 0 Å². The van der Waals surface area contributed by atoms with Crippen LogP contribution in [0.25, 0.3) is 0 Å². The number of fused-ring (bicyclic) bond motifs is 1. The number of hydrogen-bond donors (Lipinski definition) is 2. The van der Waals surface area contributed by atoms with Gasteiger partial charge in [0.1, 0.15) is 10.6 Å². The van der Waals surface area contributed by atoms with Crippen molar-refractivity contribution in [3.63, 3.8) is 0 Å². The van der Waals surface area contributed by atoms with Crippen molar-refractivity contribution in [1.29, 1.82) is 0 Å². The van der Waals surface area contributed by atoms with Crippen LogP contribution in [0.5, 0.6) is 17.2 Å². The maximum Gasteiger partial charge on any atom is 0.255 e. The van der Waals surface area contributed by atoms with Gasteiger partial charge in [-0.1, -0.05) is 0 Å². The topological polar surface area (TPSA) is 103 Å². The first kappa shape index (κ1) is 21.5. The number of ether oxygens (including phenoxy) is 3. The molecule has 9 heteroatoms. The highest BCUT2D eigenvalue weighted by Gasteiger charge is 2.44. The van der Waals surface area contributed by atoms with Crippen LogP contribution in [0.4, 0.5) is 5.69 Å². The number of methoxy groups -OCH3 is 1. The Morgan fingerprint density at radius 2 is 1.77 bits per heavy atom. The van der Waals surface area contributed by atoms with Gasteiger partial charge < -0.3 is 19.5 Å². The summed E-state index contributed by atoms with van der Waals surface area (Å²) < 4.78 is 45.0. The van der Waals surface area contributed by atoms with Gasteiger partial charge in [-0.15, -0.1) is 0 Å². The molecule has 0 aromatic heterocycles. The molecule has 2 aromatic rings. The molecule has 166 valence electrons. The summed E-state index contributed by atoms with van der Waals surface area (Å²) in [7, 11) is -2.46. The Morgan fingerprint density at radius 3 is 2.45 bits per heavy atom. The molecular weight excluding hydrogens is 420 g/mol. The summed E-state index contributed by atoms with van der Waals surface area (Å²) in [6.07, 6.45) is 3.81. The Bertz CT molecular complexity index is 1110. The van der Waals surface area contributed by atoms with E-state index < -0.39 is 21.7 Å². The number of hydrogen-bond acceptors (Lipinski definition) is 6. The summed E-state index contributed by atoms with van der Waals surface area (Å²) in [5.41, 5.74) is 0.720. The number of carbonyl (C=O) groups excluding carboxylic acids is 1. The lowest BCUT2D eigenvalue weighted by atomic mass is 10.2. The second-order valence-electron chi connectivity index (χ2n) is 8.08. The number of amides is 1. The van der Waals surface area contributed by atoms with Gasteiger partial charge in [0.2, 0.25) is 10.0 Å². The molecule has 0 radical (unpaired) electrons. The number of anilines is 1. The van der Waals surface area contributed by atoms with Crippen molar-refractivity contribution in [3.8, 4) is 17.2 Å². The maximum absolute atomic E-state index is 12.8. The molecule has 1 amide bonds. The maximum atomic E-state index is 12.8. The van der Waals surface area contributed by atoms with Crippen LogP contribution in [-0.2, 0) is 10.0 Å². The van der Waals surface area contributed by atoms with E-state index in [0.29, 0.717) is 17.2 Å². The zero-order chi connectivity index (χ0) is 22.2. The van der Waals surface area contributed by atoms with Gasteiger partial charge >= 0.3 is 0 Å². The molecule has 0 saturated heterocycles. The zero-order valence-electron chi connectivity index (χ0n) is 17.7. The molecule has 1 aliphatic heterocycles. The van der Waals surface area contributed by atoms with Crippen LogP contribution in [0.3, 0.4) is 0 Å². The second-order valence-corrected chi connectivity index (χ2v) is 9.76. The molecule has 4 rings (SSSR count). The Balaban J connectivity index is 1.55. The lowest BCUT2D eigenvalue weighted by Gasteiger charge is -2.21. The minimum atomic E-state index is -3.84. The molecule has 31 heavy (non-hydrogen) atoms. The van der Waals surface area contributed by atoms with Gasteiger partial charge in [0.05, 0.1) is 7.11 Å². The minimum absolute atomic E-state index is 0.0924. The quantitative estimate of drug-likeness (QED) is 0.702. The van der Waals surface area contributed by atoms with Crippen molar-refractivity contribution in [1.82, 2.24) is 4.72 Å². The predicted octanol–water partition coefficient (Wildman–Crippen LogP) is 3.68. The highest BCUT2D eigenvalue weighted by Crippen LogP contribution is 2.47. The van der Waals surface area contributed by atoms with E-state index in [1.807, 2.05) is 0 Å². The van der Waals surface area contributed by atoms with E-state index in [1.165, 1.54) is 25.3 Å². The standard InChI is InChI=1S/C22H26N2O6S/c1-14(2)24-31(26,27)20-12-15(6-8-18(20)28-3)21(25)23-16-7-9-17-19(13-16)30-22(29-17)10-4-5-11-22/h6-9,12-14,24H,4-5,10-11H2,1-3H3,(H,23,25). The summed E-state index contributed by atoms with van der Waals surface area (Å²) in [6, 6.07) is 9.21. The fourth-order valence-corrected chi connectivity index (χ4v) is 5.34. The van der Waals surface area contributed by atoms with Gasteiger partial charge in [-0.3, -0.25) is 4.79 Å². The van der Waals surface area contributed by atoms with Crippen molar-refractivity contribution >= 4 is 21.6 Å². The van der Waals surface area contributed by atoms with Gasteiger partial charge in [0.25, 0.3) is 11.7 Å². The van der Waals surface area contributed by atoms with Gasteiger partial charge in [0.15, 0.2) is 11.5 Å². The third-order valence-corrected chi connectivity index (χ3v) is 6.94. The van der Waals surface area contributed by atoms with Crippen molar-refractivity contribution in [2.75, 3.05) is 12.4 Å². The average Bonchev–Trinajstić information content (AvgIpc) is 3.31. The highest BCUT2D eigenvalue weighted by molar-refractivity contribution is 7.89. The fraction of sp³-hybridized carbons (Fsp3) is 0.409. The molecule has 8 nitrogen and oxygen atoms in total. The molecule has 0 unspecified atom stereocenters. The largest absolute Gasteiger partial charge is 0.495 e. The van der Waals surface area contributed by atoms with Crippen molar-refractivity contribution in [3.05, 3.63) is 42.0 Å². The highest BCUT2D eigenvalue weighted by atomic mass is 32.2. The minimum Gasteiger partial charge on any atom is -0.495 e. The lowest BCUT2D eigenvalue weighted by molar-refractivity contribution is -0.0716. The van der Waals surface area contributed by atoms with E-state index in [9.17, 15) is 13.2 Å². The molecule has 1 aliphatic carbocycles. The van der Waals surface area contributed by atoms with E-state index in [-0.39, 0.29) is 22.3 Å². The summed E-state index contributed by atoms with van der Waals surface area (Å²) in [6.45, 7) is 3.44. The summed E-state index contributed by atoms with van der Waals surface area (Å²) in [4.78, 5) is 12.7. The van der Waals surface area contributed by atoms with Crippen LogP contribution in [0.1, 0.15) is 49.9 Å². The summed E-state index contributed by atoms with van der Waals surface area (Å²) >= 11 is 0. The Kier molecular flexibility index (Phi) is 5.57. The van der Waals surface area contributed by atoms with Gasteiger partial charge in [0, 0.05) is 36.2 Å². The normalized spacial score (nSPS) is 16.6. The van der Waals surface area contributed by atoms with E-state index in [0.717, 1.165) is 25.7 Å². The van der Waals surface area contributed by atoms with Gasteiger partial charge in [-0.2, -0.15) is 0 Å². The van der Waals surface area contributed by atoms with Crippen molar-refractivity contribution in [2.45, 2.75) is 56.3 Å². The van der Waals surface area contributed by atoms with Crippen LogP contribution in [0.15, 0.2) is 41.3 Å². The van der Waals surface area contributed by atoms with E-state index in [4.69, 9.17) is 14.2 Å². The first-order valence-corrected chi connectivity index (χ1v) is 11.7. The molecule has 1 saturated carbocycles. The average molecular weight is 447 g/mol. The van der Waals surface area contributed by atoms with Crippen molar-refractivity contribution < 1.29 is 27.4 Å². The first-order valence-electron chi connectivity index (χ1n) is 10.3. The number of sulfonamides is 1. The number of nitrogens with one attached hydrogen (secondary N) is 2. The van der Waals surface area contributed by atoms with Crippen LogP contribution in [0.2, 0.25) is 0 Å². The Morgan fingerprint density at radius 1 is 1.06 bits per heavy atom. The Labute approximate surface area is 181 Å². The van der Waals surface area contributed by atoms with E-state index in [2.05, 4.69) is 10.0 Å². The lowest BCUT2D eigenvalue weighted by Crippen LogP contribution is -2.34. The summed E-state index contributed by atoms with van der Waals surface area (Å²) in [5, 5.41) is 2.79. The third kappa shape index (κ3) is 4.33. The fourth-order valence-electron chi connectivity index (χ4n) is 3.89. The van der Waals surface area contributed by atoms with Gasteiger partial charge in [-0.25, -0.2) is 13.1 Å². The molecule has 1 spiro atoms. The molecule has 2 N–H and O–H groups in total. The molecule has 1 heterocycles. The molecule has 0 atom stereocenters. The summed E-state index contributed by atoms with van der Waals surface area (Å²) in [5.74, 6) is 0.400. The first-order chi connectivity index (χ1) is 14.7. The van der Waals surface area contributed by atoms with Crippen LogP contribution < -0.4 is 24.2 Å². The Hall–Kier alpha value is -2.78. The number of rotatable bonds is 6. The number of benzene rings is 2. The molecule has 2 aromatic carbocycles. The predicted molar refractivity (Wildman–Crippen MR) is 115 cm³/mol. The molecule has 2 aliphatic rings. The molecule has 0 bridgehead atoms. The van der Waals surface area contributed by atoms with Crippen LogP contribution in [-0.4, -0.2) is 33.3 Å². The van der Waals surface area contributed by atoms with E-state index >= 15 is 0 Å². The second kappa shape index (κ2) is 8.05. The molecular formula is C22H26N2O6S. The molecule has 1 fully saturated rings. The zero-order valence-corrected chi connectivity index (χ0v) is 18.5. The van der Waals surface area contributed by atoms with E-state index in [1.54, 1.807) is 32.0 Å². The SMILES string of the molecule is COc1ccc(C(=O)Nc2ccc3c(c2)OC2(CCCC2)O3)cc1S(=O)(=O)NC(C)C. The monoisotopic (exact) mass is 446 g/mol.